The number of nitrogens with one attached hydrogen (secondary N) is 1. The van der Waals surface area contributed by atoms with Crippen LogP contribution in [0.3, 0.4) is 0 Å². The van der Waals surface area contributed by atoms with Crippen LogP contribution in [-0.2, 0) is 6.54 Å². The van der Waals surface area contributed by atoms with Gasteiger partial charge in [0, 0.05) is 45.9 Å². The second kappa shape index (κ2) is 9.43. The SMILES string of the molecule is Cc1ccc(C=NCCNc2ccc3c4c(cccc24)C(=O)N(Cc2ccccc2)C3=O)c(O)c1. The molecular formula is C29H25N3O3. The third-order valence-corrected chi connectivity index (χ3v) is 6.15. The molecule has 0 atom stereocenters. The Kier molecular flexibility index (Phi) is 6.02. The molecule has 1 aliphatic heterocycles. The minimum absolute atomic E-state index is 0.209. The Morgan fingerprint density at radius 2 is 1.69 bits per heavy atom. The van der Waals surface area contributed by atoms with Gasteiger partial charge in [0.1, 0.15) is 5.75 Å². The normalized spacial score (nSPS) is 13.1. The number of benzene rings is 4. The molecule has 4 aromatic carbocycles. The predicted molar refractivity (Wildman–Crippen MR) is 138 cm³/mol. The maximum Gasteiger partial charge on any atom is 0.261 e. The zero-order chi connectivity index (χ0) is 24.4. The zero-order valence-corrected chi connectivity index (χ0v) is 19.4. The molecule has 0 unspecified atom stereocenters. The van der Waals surface area contributed by atoms with Crippen LogP contribution in [0.1, 0.15) is 37.4 Å². The molecule has 0 spiro atoms. The minimum atomic E-state index is -0.281. The highest BCUT2D eigenvalue weighted by Gasteiger charge is 2.33. The van der Waals surface area contributed by atoms with Crippen LogP contribution >= 0.6 is 0 Å². The second-order valence-electron chi connectivity index (χ2n) is 8.60. The first-order valence-electron chi connectivity index (χ1n) is 11.5. The van der Waals surface area contributed by atoms with Crippen LogP contribution in [0.15, 0.2) is 83.9 Å². The fourth-order valence-electron chi connectivity index (χ4n) is 4.39. The van der Waals surface area contributed by atoms with Gasteiger partial charge in [-0.15, -0.1) is 0 Å². The van der Waals surface area contributed by atoms with Crippen molar-refractivity contribution in [2.24, 2.45) is 4.99 Å². The van der Waals surface area contributed by atoms with E-state index in [0.29, 0.717) is 35.2 Å². The summed E-state index contributed by atoms with van der Waals surface area (Å²) in [4.78, 5) is 32.2. The monoisotopic (exact) mass is 463 g/mol. The number of rotatable bonds is 7. The largest absolute Gasteiger partial charge is 0.507 e. The number of phenols is 1. The van der Waals surface area contributed by atoms with Crippen LogP contribution < -0.4 is 5.32 Å². The molecule has 0 bridgehead atoms. The van der Waals surface area contributed by atoms with Crippen molar-refractivity contribution in [3.63, 3.8) is 0 Å². The molecule has 1 heterocycles. The molecule has 174 valence electrons. The number of carbonyl (C=O) groups is 2. The van der Waals surface area contributed by atoms with E-state index >= 15 is 0 Å². The van der Waals surface area contributed by atoms with Crippen LogP contribution in [0.25, 0.3) is 10.8 Å². The van der Waals surface area contributed by atoms with Gasteiger partial charge >= 0.3 is 0 Å². The molecule has 6 heteroatoms. The standard InChI is InChI=1S/C29H25N3O3/c1-19-10-11-21(26(33)16-19)17-30-14-15-31-25-13-12-24-27-22(25)8-5-9-23(27)28(34)32(29(24)35)18-20-6-3-2-4-7-20/h2-13,16-17,31,33H,14-15,18H2,1H3. The summed E-state index contributed by atoms with van der Waals surface area (Å²) >= 11 is 0. The molecule has 2 N–H and O–H groups in total. The predicted octanol–water partition coefficient (Wildman–Crippen LogP) is 5.18. The van der Waals surface area contributed by atoms with Crippen LogP contribution in [0, 0.1) is 6.92 Å². The Bertz CT molecular complexity index is 1440. The third kappa shape index (κ3) is 4.38. The minimum Gasteiger partial charge on any atom is -0.507 e. The van der Waals surface area contributed by atoms with Gasteiger partial charge in [0.15, 0.2) is 0 Å². The van der Waals surface area contributed by atoms with Crippen molar-refractivity contribution in [1.82, 2.24) is 4.90 Å². The van der Waals surface area contributed by atoms with Gasteiger partial charge in [0.2, 0.25) is 0 Å². The Morgan fingerprint density at radius 3 is 2.46 bits per heavy atom. The Labute approximate surface area is 203 Å². The number of hydrogen-bond acceptors (Lipinski definition) is 5. The van der Waals surface area contributed by atoms with Crippen LogP contribution in [0.5, 0.6) is 5.75 Å². The lowest BCUT2D eigenvalue weighted by Gasteiger charge is -2.28. The fraction of sp³-hybridized carbons (Fsp3) is 0.138. The molecule has 0 saturated carbocycles. The van der Waals surface area contributed by atoms with Crippen molar-refractivity contribution in [1.29, 1.82) is 0 Å². The number of amides is 2. The van der Waals surface area contributed by atoms with E-state index in [9.17, 15) is 14.7 Å². The molecule has 5 rings (SSSR count). The molecule has 0 radical (unpaired) electrons. The summed E-state index contributed by atoms with van der Waals surface area (Å²) in [6.45, 7) is 3.22. The van der Waals surface area contributed by atoms with Crippen molar-refractivity contribution < 1.29 is 14.7 Å². The average Bonchev–Trinajstić information content (AvgIpc) is 2.87. The Balaban J connectivity index is 1.35. The molecule has 0 aliphatic carbocycles. The first kappa shape index (κ1) is 22.3. The van der Waals surface area contributed by atoms with Crippen LogP contribution in [-0.4, -0.2) is 41.1 Å². The molecule has 6 nitrogen and oxygen atoms in total. The quantitative estimate of drug-likeness (QED) is 0.225. The average molecular weight is 464 g/mol. The van der Waals surface area contributed by atoms with Gasteiger partial charge in [-0.05, 0) is 48.4 Å². The highest BCUT2D eigenvalue weighted by molar-refractivity contribution is 6.26. The molecule has 2 amide bonds. The summed E-state index contributed by atoms with van der Waals surface area (Å²) in [6, 6.07) is 24.2. The van der Waals surface area contributed by atoms with Crippen molar-refractivity contribution in [2.75, 3.05) is 18.4 Å². The van der Waals surface area contributed by atoms with E-state index in [1.165, 1.54) is 4.90 Å². The van der Waals surface area contributed by atoms with E-state index in [4.69, 9.17) is 0 Å². The summed E-state index contributed by atoms with van der Waals surface area (Å²) in [5, 5.41) is 14.9. The van der Waals surface area contributed by atoms with Gasteiger partial charge in [0.25, 0.3) is 11.8 Å². The number of aromatic hydroxyl groups is 1. The van der Waals surface area contributed by atoms with Crippen molar-refractivity contribution in [3.05, 3.63) is 107 Å². The van der Waals surface area contributed by atoms with E-state index in [-0.39, 0.29) is 24.1 Å². The van der Waals surface area contributed by atoms with E-state index in [2.05, 4.69) is 10.3 Å². The third-order valence-electron chi connectivity index (χ3n) is 6.15. The topological polar surface area (TPSA) is 82.0 Å². The molecule has 0 saturated heterocycles. The van der Waals surface area contributed by atoms with Gasteiger partial charge in [-0.25, -0.2) is 0 Å². The number of aryl methyl sites for hydroxylation is 1. The summed E-state index contributed by atoms with van der Waals surface area (Å²) in [5.41, 5.74) is 4.48. The number of imide groups is 1. The highest BCUT2D eigenvalue weighted by Crippen LogP contribution is 2.34. The molecule has 1 aliphatic rings. The molecule has 0 fully saturated rings. The Hall–Kier alpha value is -4.45. The highest BCUT2D eigenvalue weighted by atomic mass is 16.3. The summed E-state index contributed by atoms with van der Waals surface area (Å²) < 4.78 is 0. The van der Waals surface area contributed by atoms with Gasteiger partial charge in [-0.1, -0.05) is 48.5 Å². The van der Waals surface area contributed by atoms with Gasteiger partial charge in [0.05, 0.1) is 13.1 Å². The van der Waals surface area contributed by atoms with E-state index in [1.54, 1.807) is 24.4 Å². The summed E-state index contributed by atoms with van der Waals surface area (Å²) in [7, 11) is 0. The smallest absolute Gasteiger partial charge is 0.261 e. The number of aliphatic imine (C=N–C) groups is 1. The number of anilines is 1. The lowest BCUT2D eigenvalue weighted by atomic mass is 9.92. The van der Waals surface area contributed by atoms with Crippen molar-refractivity contribution in [3.8, 4) is 5.75 Å². The first-order valence-corrected chi connectivity index (χ1v) is 11.5. The molecule has 4 aromatic rings. The van der Waals surface area contributed by atoms with Crippen LogP contribution in [0.2, 0.25) is 0 Å². The van der Waals surface area contributed by atoms with E-state index in [0.717, 1.165) is 22.2 Å². The maximum atomic E-state index is 13.3. The van der Waals surface area contributed by atoms with Gasteiger partial charge in [-0.2, -0.15) is 0 Å². The van der Waals surface area contributed by atoms with Crippen LogP contribution in [0.4, 0.5) is 5.69 Å². The van der Waals surface area contributed by atoms with E-state index < -0.39 is 0 Å². The first-order chi connectivity index (χ1) is 17.0. The fourth-order valence-corrected chi connectivity index (χ4v) is 4.39. The molecular weight excluding hydrogens is 438 g/mol. The molecule has 35 heavy (non-hydrogen) atoms. The van der Waals surface area contributed by atoms with Gasteiger partial charge < -0.3 is 10.4 Å². The maximum absolute atomic E-state index is 13.3. The summed E-state index contributed by atoms with van der Waals surface area (Å²) in [6.07, 6.45) is 1.66. The summed E-state index contributed by atoms with van der Waals surface area (Å²) in [5.74, 6) is -0.353. The number of phenolic OH excluding ortho intramolecular Hbond substituents is 1. The number of nitrogens with zero attached hydrogens (tertiary/aromatic N) is 2. The van der Waals surface area contributed by atoms with E-state index in [1.807, 2.05) is 67.6 Å². The lowest BCUT2D eigenvalue weighted by molar-refractivity contribution is 0.0598. The van der Waals surface area contributed by atoms with Crippen molar-refractivity contribution in [2.45, 2.75) is 13.5 Å². The molecule has 0 aromatic heterocycles. The lowest BCUT2D eigenvalue weighted by Crippen LogP contribution is -2.39. The zero-order valence-electron chi connectivity index (χ0n) is 19.4. The second-order valence-corrected chi connectivity index (χ2v) is 8.60. The number of hydrogen-bond donors (Lipinski definition) is 2. The number of carbonyl (C=O) groups excluding carboxylic acids is 2. The Morgan fingerprint density at radius 1 is 0.914 bits per heavy atom. The van der Waals surface area contributed by atoms with Crippen molar-refractivity contribution >= 4 is 34.5 Å². The van der Waals surface area contributed by atoms with Gasteiger partial charge in [-0.3, -0.25) is 19.5 Å².